The molecule has 1 unspecified atom stereocenters. The number of benzene rings is 2. The van der Waals surface area contributed by atoms with E-state index in [-0.39, 0.29) is 6.03 Å². The van der Waals surface area contributed by atoms with Gasteiger partial charge in [-0.15, -0.1) is 0 Å². The standard InChI is InChI=1S/C21H26N2O3/c24-21(22-13-12-18-9-6-15-25-18)23-14-16-26-20-11-5-4-10-19(20)17-7-2-1-3-8-17/h1-5,7-8,10-11,18H,6,9,12-16H2,(H2,22,23,24). The highest BCUT2D eigenvalue weighted by atomic mass is 16.5. The van der Waals surface area contributed by atoms with Crippen LogP contribution in [-0.4, -0.2) is 38.4 Å². The van der Waals surface area contributed by atoms with Crippen LogP contribution < -0.4 is 15.4 Å². The fourth-order valence-corrected chi connectivity index (χ4v) is 3.06. The van der Waals surface area contributed by atoms with Gasteiger partial charge in [0.15, 0.2) is 0 Å². The average molecular weight is 354 g/mol. The molecule has 1 saturated heterocycles. The third-order valence-corrected chi connectivity index (χ3v) is 4.39. The molecular formula is C21H26N2O3. The Hall–Kier alpha value is -2.53. The Morgan fingerprint density at radius 3 is 2.62 bits per heavy atom. The molecule has 5 nitrogen and oxygen atoms in total. The Morgan fingerprint density at radius 2 is 1.81 bits per heavy atom. The third kappa shape index (κ3) is 5.49. The van der Waals surface area contributed by atoms with E-state index in [9.17, 15) is 4.79 Å². The topological polar surface area (TPSA) is 59.6 Å². The highest BCUT2D eigenvalue weighted by molar-refractivity contribution is 5.73. The van der Waals surface area contributed by atoms with Crippen molar-refractivity contribution in [1.82, 2.24) is 10.6 Å². The van der Waals surface area contributed by atoms with Crippen molar-refractivity contribution in [3.63, 3.8) is 0 Å². The Kier molecular flexibility index (Phi) is 6.90. The second-order valence-corrected chi connectivity index (χ2v) is 6.32. The summed E-state index contributed by atoms with van der Waals surface area (Å²) in [6.45, 7) is 2.35. The van der Waals surface area contributed by atoms with Crippen molar-refractivity contribution in [2.45, 2.75) is 25.4 Å². The first kappa shape index (κ1) is 18.3. The first-order valence-electron chi connectivity index (χ1n) is 9.23. The van der Waals surface area contributed by atoms with Gasteiger partial charge in [-0.25, -0.2) is 4.79 Å². The number of carbonyl (C=O) groups excluding carboxylic acids is 1. The summed E-state index contributed by atoms with van der Waals surface area (Å²) in [7, 11) is 0. The van der Waals surface area contributed by atoms with E-state index in [1.54, 1.807) is 0 Å². The van der Waals surface area contributed by atoms with Crippen LogP contribution in [0.5, 0.6) is 5.75 Å². The normalized spacial score (nSPS) is 16.2. The monoisotopic (exact) mass is 354 g/mol. The molecule has 0 aliphatic carbocycles. The van der Waals surface area contributed by atoms with E-state index in [0.717, 1.165) is 42.7 Å². The smallest absolute Gasteiger partial charge is 0.314 e. The lowest BCUT2D eigenvalue weighted by atomic mass is 10.1. The fourth-order valence-electron chi connectivity index (χ4n) is 3.06. The van der Waals surface area contributed by atoms with E-state index in [0.29, 0.717) is 25.8 Å². The minimum atomic E-state index is -0.164. The zero-order chi connectivity index (χ0) is 18.0. The second-order valence-electron chi connectivity index (χ2n) is 6.32. The zero-order valence-electron chi connectivity index (χ0n) is 14.9. The quantitative estimate of drug-likeness (QED) is 0.712. The Balaban J connectivity index is 1.38. The number of hydrogen-bond acceptors (Lipinski definition) is 3. The minimum Gasteiger partial charge on any atom is -0.491 e. The molecule has 0 spiro atoms. The van der Waals surface area contributed by atoms with Gasteiger partial charge in [0.25, 0.3) is 0 Å². The van der Waals surface area contributed by atoms with Crippen LogP contribution >= 0.6 is 0 Å². The number of rotatable bonds is 8. The van der Waals surface area contributed by atoms with E-state index in [1.807, 2.05) is 42.5 Å². The van der Waals surface area contributed by atoms with Gasteiger partial charge < -0.3 is 20.1 Å². The highest BCUT2D eigenvalue weighted by Gasteiger charge is 2.15. The Morgan fingerprint density at radius 1 is 1.04 bits per heavy atom. The van der Waals surface area contributed by atoms with Crippen LogP contribution in [0.4, 0.5) is 4.79 Å². The van der Waals surface area contributed by atoms with Gasteiger partial charge in [0.1, 0.15) is 12.4 Å². The first-order valence-corrected chi connectivity index (χ1v) is 9.23. The molecule has 0 saturated carbocycles. The van der Waals surface area contributed by atoms with E-state index < -0.39 is 0 Å². The number of ether oxygens (including phenoxy) is 2. The number of hydrogen-bond donors (Lipinski definition) is 2. The molecule has 5 heteroatoms. The Labute approximate surface area is 154 Å². The van der Waals surface area contributed by atoms with Gasteiger partial charge in [-0.3, -0.25) is 0 Å². The molecule has 1 heterocycles. The largest absolute Gasteiger partial charge is 0.491 e. The van der Waals surface area contributed by atoms with Crippen molar-refractivity contribution in [3.8, 4) is 16.9 Å². The summed E-state index contributed by atoms with van der Waals surface area (Å²) in [5.41, 5.74) is 2.16. The molecular weight excluding hydrogens is 328 g/mol. The van der Waals surface area contributed by atoms with Crippen LogP contribution in [0, 0.1) is 0 Å². The molecule has 138 valence electrons. The first-order chi connectivity index (χ1) is 12.8. The van der Waals surface area contributed by atoms with E-state index in [4.69, 9.17) is 9.47 Å². The summed E-state index contributed by atoms with van der Waals surface area (Å²) in [5, 5.41) is 5.68. The lowest BCUT2D eigenvalue weighted by molar-refractivity contribution is 0.104. The van der Waals surface area contributed by atoms with Crippen LogP contribution in [0.2, 0.25) is 0 Å². The van der Waals surface area contributed by atoms with Crippen molar-refractivity contribution in [1.29, 1.82) is 0 Å². The molecule has 1 aliphatic rings. The van der Waals surface area contributed by atoms with Crippen molar-refractivity contribution < 1.29 is 14.3 Å². The molecule has 3 rings (SSSR count). The maximum atomic E-state index is 11.8. The van der Waals surface area contributed by atoms with E-state index >= 15 is 0 Å². The summed E-state index contributed by atoms with van der Waals surface area (Å²) in [5.74, 6) is 0.819. The molecule has 2 aromatic carbocycles. The summed E-state index contributed by atoms with van der Waals surface area (Å²) in [6, 6.07) is 17.9. The van der Waals surface area contributed by atoms with Crippen LogP contribution in [0.25, 0.3) is 11.1 Å². The maximum Gasteiger partial charge on any atom is 0.314 e. The van der Waals surface area contributed by atoms with Crippen molar-refractivity contribution in [2.75, 3.05) is 26.3 Å². The molecule has 0 aromatic heterocycles. The second kappa shape index (κ2) is 9.82. The maximum absolute atomic E-state index is 11.8. The van der Waals surface area contributed by atoms with Crippen molar-refractivity contribution >= 4 is 6.03 Å². The molecule has 0 radical (unpaired) electrons. The number of amides is 2. The number of urea groups is 1. The fraction of sp³-hybridized carbons (Fsp3) is 0.381. The van der Waals surface area contributed by atoms with Gasteiger partial charge in [-0.2, -0.15) is 0 Å². The molecule has 1 aliphatic heterocycles. The summed E-state index contributed by atoms with van der Waals surface area (Å²) in [4.78, 5) is 11.8. The van der Waals surface area contributed by atoms with Gasteiger partial charge in [0.05, 0.1) is 12.6 Å². The SMILES string of the molecule is O=C(NCCOc1ccccc1-c1ccccc1)NCCC1CCCO1. The molecule has 2 aromatic rings. The van der Waals surface area contributed by atoms with Crippen LogP contribution in [-0.2, 0) is 4.74 Å². The Bertz CT molecular complexity index is 685. The number of nitrogens with one attached hydrogen (secondary N) is 2. The van der Waals surface area contributed by atoms with Gasteiger partial charge in [0.2, 0.25) is 0 Å². The summed E-state index contributed by atoms with van der Waals surface area (Å²) >= 11 is 0. The molecule has 1 atom stereocenters. The molecule has 2 amide bonds. The number of para-hydroxylation sites is 1. The molecule has 26 heavy (non-hydrogen) atoms. The molecule has 1 fully saturated rings. The summed E-state index contributed by atoms with van der Waals surface area (Å²) < 4.78 is 11.4. The van der Waals surface area contributed by atoms with Crippen LogP contribution in [0.1, 0.15) is 19.3 Å². The van der Waals surface area contributed by atoms with E-state index in [2.05, 4.69) is 22.8 Å². The lowest BCUT2D eigenvalue weighted by Gasteiger charge is -2.13. The van der Waals surface area contributed by atoms with Gasteiger partial charge in [-0.1, -0.05) is 48.5 Å². The summed E-state index contributed by atoms with van der Waals surface area (Å²) in [6.07, 6.45) is 3.39. The van der Waals surface area contributed by atoms with Crippen LogP contribution in [0.15, 0.2) is 54.6 Å². The molecule has 2 N–H and O–H groups in total. The van der Waals surface area contributed by atoms with Crippen molar-refractivity contribution in [3.05, 3.63) is 54.6 Å². The van der Waals surface area contributed by atoms with Crippen LogP contribution in [0.3, 0.4) is 0 Å². The predicted octanol–water partition coefficient (Wildman–Crippen LogP) is 3.60. The van der Waals surface area contributed by atoms with Gasteiger partial charge in [0, 0.05) is 18.7 Å². The average Bonchev–Trinajstić information content (AvgIpc) is 3.20. The zero-order valence-corrected chi connectivity index (χ0v) is 14.9. The highest BCUT2D eigenvalue weighted by Crippen LogP contribution is 2.29. The molecule has 0 bridgehead atoms. The van der Waals surface area contributed by atoms with Crippen molar-refractivity contribution in [2.24, 2.45) is 0 Å². The van der Waals surface area contributed by atoms with Gasteiger partial charge >= 0.3 is 6.03 Å². The van der Waals surface area contributed by atoms with Gasteiger partial charge in [-0.05, 0) is 30.9 Å². The minimum absolute atomic E-state index is 0.164. The lowest BCUT2D eigenvalue weighted by Crippen LogP contribution is -2.38. The number of carbonyl (C=O) groups is 1. The third-order valence-electron chi connectivity index (χ3n) is 4.39. The van der Waals surface area contributed by atoms with E-state index in [1.165, 1.54) is 0 Å². The predicted molar refractivity (Wildman–Crippen MR) is 102 cm³/mol.